The molecule has 1 aliphatic rings. The quantitative estimate of drug-likeness (QED) is 0.416. The number of Topliss-reactive ketones (excluding diaryl/α,β-unsaturated/α-hetero) is 1. The molecule has 1 saturated heterocycles. The molecule has 4 heterocycles. The van der Waals surface area contributed by atoms with E-state index in [0.717, 1.165) is 5.01 Å². The Morgan fingerprint density at radius 1 is 1.26 bits per heavy atom. The monoisotopic (exact) mass is 385 g/mol. The molecule has 1 atom stereocenters. The first-order valence-electron chi connectivity index (χ1n) is 8.19. The standard InChI is InChI=1S/C18H15N3O5S/c1-9(2)16-19-20-18(27-16)21-13(11-4-3-6-26-11)12(15(23)17(21)24)14(22)10-5-7-25-8-10/h3-9,13,22H,1-2H3. The van der Waals surface area contributed by atoms with Crippen molar-refractivity contribution in [3.8, 4) is 0 Å². The Morgan fingerprint density at radius 2 is 2.07 bits per heavy atom. The second kappa shape index (κ2) is 6.51. The zero-order chi connectivity index (χ0) is 19.1. The molecule has 0 radical (unpaired) electrons. The van der Waals surface area contributed by atoms with Gasteiger partial charge in [-0.15, -0.1) is 10.2 Å². The van der Waals surface area contributed by atoms with Crippen molar-refractivity contribution in [3.63, 3.8) is 0 Å². The fourth-order valence-corrected chi connectivity index (χ4v) is 3.73. The zero-order valence-corrected chi connectivity index (χ0v) is 15.3. The largest absolute Gasteiger partial charge is 0.507 e. The number of ketones is 1. The van der Waals surface area contributed by atoms with Gasteiger partial charge in [0.1, 0.15) is 28.8 Å². The highest BCUT2D eigenvalue weighted by atomic mass is 32.1. The van der Waals surface area contributed by atoms with Gasteiger partial charge < -0.3 is 13.9 Å². The summed E-state index contributed by atoms with van der Waals surface area (Å²) in [6.45, 7) is 3.92. The molecule has 1 N–H and O–H groups in total. The number of hydrogen-bond acceptors (Lipinski definition) is 8. The van der Waals surface area contributed by atoms with Crippen LogP contribution in [0.4, 0.5) is 5.13 Å². The van der Waals surface area contributed by atoms with Crippen LogP contribution in [-0.4, -0.2) is 27.0 Å². The van der Waals surface area contributed by atoms with Gasteiger partial charge in [-0.05, 0) is 18.2 Å². The van der Waals surface area contributed by atoms with Gasteiger partial charge >= 0.3 is 5.91 Å². The summed E-state index contributed by atoms with van der Waals surface area (Å²) in [4.78, 5) is 26.7. The summed E-state index contributed by atoms with van der Waals surface area (Å²) in [5.74, 6) is -1.49. The van der Waals surface area contributed by atoms with Crippen molar-refractivity contribution < 1.29 is 23.5 Å². The maximum Gasteiger partial charge on any atom is 0.302 e. The predicted octanol–water partition coefficient (Wildman–Crippen LogP) is 3.47. The van der Waals surface area contributed by atoms with Crippen molar-refractivity contribution in [2.45, 2.75) is 25.8 Å². The normalized spacial score (nSPS) is 19.4. The molecule has 1 aliphatic heterocycles. The molecule has 1 amide bonds. The lowest BCUT2D eigenvalue weighted by Gasteiger charge is -2.19. The third-order valence-corrected chi connectivity index (χ3v) is 5.40. The summed E-state index contributed by atoms with van der Waals surface area (Å²) < 4.78 is 10.4. The van der Waals surface area contributed by atoms with Gasteiger partial charge in [0.25, 0.3) is 5.78 Å². The van der Waals surface area contributed by atoms with E-state index in [9.17, 15) is 14.7 Å². The molecule has 0 aromatic carbocycles. The topological polar surface area (TPSA) is 110 Å². The van der Waals surface area contributed by atoms with Crippen molar-refractivity contribution in [1.29, 1.82) is 0 Å². The Hall–Kier alpha value is -3.20. The van der Waals surface area contributed by atoms with Crippen LogP contribution in [0.25, 0.3) is 5.76 Å². The van der Waals surface area contributed by atoms with Crippen LogP contribution in [0.2, 0.25) is 0 Å². The maximum atomic E-state index is 12.8. The summed E-state index contributed by atoms with van der Waals surface area (Å²) in [7, 11) is 0. The number of aromatic nitrogens is 2. The Kier molecular flexibility index (Phi) is 4.15. The highest BCUT2D eigenvalue weighted by Crippen LogP contribution is 2.43. The van der Waals surface area contributed by atoms with Gasteiger partial charge in [-0.2, -0.15) is 0 Å². The highest BCUT2D eigenvalue weighted by molar-refractivity contribution is 7.15. The number of aliphatic hydroxyl groups is 1. The minimum atomic E-state index is -0.942. The van der Waals surface area contributed by atoms with Crippen LogP contribution in [0.5, 0.6) is 0 Å². The summed E-state index contributed by atoms with van der Waals surface area (Å²) in [6.07, 6.45) is 4.10. The van der Waals surface area contributed by atoms with Crippen molar-refractivity contribution >= 4 is 33.9 Å². The average Bonchev–Trinajstić information content (AvgIpc) is 3.43. The molecule has 1 unspecified atom stereocenters. The SMILES string of the molecule is CC(C)c1nnc(N2C(=O)C(=O)C(=C(O)c3ccoc3)C2c2ccco2)s1. The number of hydrogen-bond donors (Lipinski definition) is 1. The number of furan rings is 2. The number of anilines is 1. The molecule has 27 heavy (non-hydrogen) atoms. The summed E-state index contributed by atoms with van der Waals surface area (Å²) in [5, 5.41) is 19.9. The maximum absolute atomic E-state index is 12.8. The number of nitrogens with zero attached hydrogens (tertiary/aromatic N) is 3. The Morgan fingerprint density at radius 3 is 2.67 bits per heavy atom. The predicted molar refractivity (Wildman–Crippen MR) is 96.2 cm³/mol. The van der Waals surface area contributed by atoms with Gasteiger partial charge in [-0.1, -0.05) is 25.2 Å². The van der Waals surface area contributed by atoms with E-state index < -0.39 is 17.7 Å². The molecule has 4 rings (SSSR count). The molecule has 0 spiro atoms. The second-order valence-electron chi connectivity index (χ2n) is 6.27. The fourth-order valence-electron chi connectivity index (χ4n) is 2.86. The molecule has 9 heteroatoms. The number of carbonyl (C=O) groups excluding carboxylic acids is 2. The first kappa shape index (κ1) is 17.2. The molecule has 3 aromatic heterocycles. The molecule has 1 fully saturated rings. The van der Waals surface area contributed by atoms with Crippen LogP contribution in [0, 0.1) is 0 Å². The lowest BCUT2D eigenvalue weighted by molar-refractivity contribution is -0.132. The van der Waals surface area contributed by atoms with Gasteiger partial charge in [-0.25, -0.2) is 0 Å². The van der Waals surface area contributed by atoms with Gasteiger partial charge in [0.05, 0.1) is 23.7 Å². The second-order valence-corrected chi connectivity index (χ2v) is 7.26. The minimum absolute atomic E-state index is 0.0855. The molecule has 138 valence electrons. The van der Waals surface area contributed by atoms with Gasteiger partial charge in [-0.3, -0.25) is 14.5 Å². The highest BCUT2D eigenvalue weighted by Gasteiger charge is 2.49. The van der Waals surface area contributed by atoms with Crippen molar-refractivity contribution in [2.75, 3.05) is 4.90 Å². The molecule has 3 aromatic rings. The van der Waals surface area contributed by atoms with Gasteiger partial charge in [0.2, 0.25) is 5.13 Å². The first-order valence-corrected chi connectivity index (χ1v) is 9.01. The van der Waals surface area contributed by atoms with E-state index in [4.69, 9.17) is 8.83 Å². The van der Waals surface area contributed by atoms with E-state index in [-0.39, 0.29) is 22.4 Å². The molecular formula is C18H15N3O5S. The van der Waals surface area contributed by atoms with E-state index in [1.807, 2.05) is 13.8 Å². The van der Waals surface area contributed by atoms with E-state index in [0.29, 0.717) is 11.3 Å². The first-order chi connectivity index (χ1) is 13.0. The number of carbonyl (C=O) groups is 2. The average molecular weight is 385 g/mol. The number of aliphatic hydroxyl groups excluding tert-OH is 1. The van der Waals surface area contributed by atoms with E-state index in [1.54, 1.807) is 12.1 Å². The third kappa shape index (κ3) is 2.76. The van der Waals surface area contributed by atoms with Crippen LogP contribution in [0.1, 0.15) is 42.1 Å². The molecule has 0 bridgehead atoms. The van der Waals surface area contributed by atoms with Crippen molar-refractivity contribution in [2.24, 2.45) is 0 Å². The van der Waals surface area contributed by atoms with Crippen LogP contribution in [0.15, 0.2) is 51.4 Å². The number of amides is 1. The van der Waals surface area contributed by atoms with Gasteiger partial charge in [0.15, 0.2) is 0 Å². The van der Waals surface area contributed by atoms with Gasteiger partial charge in [0, 0.05) is 5.92 Å². The molecule has 8 nitrogen and oxygen atoms in total. The third-order valence-electron chi connectivity index (χ3n) is 4.18. The molecular weight excluding hydrogens is 370 g/mol. The molecule has 0 aliphatic carbocycles. The van der Waals surface area contributed by atoms with Crippen LogP contribution in [0.3, 0.4) is 0 Å². The Labute approximate surface area is 157 Å². The minimum Gasteiger partial charge on any atom is -0.507 e. The zero-order valence-electron chi connectivity index (χ0n) is 14.4. The van der Waals surface area contributed by atoms with Crippen LogP contribution in [-0.2, 0) is 9.59 Å². The van der Waals surface area contributed by atoms with E-state index >= 15 is 0 Å². The van der Waals surface area contributed by atoms with Crippen LogP contribution >= 0.6 is 11.3 Å². The Balaban J connectivity index is 1.89. The van der Waals surface area contributed by atoms with Crippen molar-refractivity contribution in [3.05, 3.63) is 58.9 Å². The molecule has 0 saturated carbocycles. The summed E-state index contributed by atoms with van der Waals surface area (Å²) in [5.41, 5.74) is 0.210. The summed E-state index contributed by atoms with van der Waals surface area (Å²) in [6, 6.07) is 3.84. The van der Waals surface area contributed by atoms with Crippen molar-refractivity contribution in [1.82, 2.24) is 10.2 Å². The smallest absolute Gasteiger partial charge is 0.302 e. The lowest BCUT2D eigenvalue weighted by atomic mass is 10.0. The fraction of sp³-hybridized carbons (Fsp3) is 0.222. The van der Waals surface area contributed by atoms with Crippen LogP contribution < -0.4 is 4.90 Å². The Bertz CT molecular complexity index is 1020. The number of rotatable bonds is 4. The van der Waals surface area contributed by atoms with E-state index in [1.165, 1.54) is 41.1 Å². The van der Waals surface area contributed by atoms with E-state index in [2.05, 4.69) is 10.2 Å². The lowest BCUT2D eigenvalue weighted by Crippen LogP contribution is -2.29. The summed E-state index contributed by atoms with van der Waals surface area (Å²) >= 11 is 1.22.